The number of hydrogen-bond acceptors (Lipinski definition) is 3. The van der Waals surface area contributed by atoms with Crippen LogP contribution in [0.5, 0.6) is 5.75 Å². The number of imidazole rings is 1. The average Bonchev–Trinajstić information content (AvgIpc) is 3.35. The minimum atomic E-state index is -0.0727. The summed E-state index contributed by atoms with van der Waals surface area (Å²) >= 11 is 0. The molecule has 6 aromatic rings. The first kappa shape index (κ1) is 30.3. The van der Waals surface area contributed by atoms with Crippen LogP contribution in [-0.2, 0) is 10.8 Å². The zero-order valence-electron chi connectivity index (χ0n) is 27.9. The number of phenols is 1. The Kier molecular flexibility index (Phi) is 7.43. The molecule has 0 aliphatic rings. The SMILES string of the molecule is Cc1cc(C)c(-n2c(-c3ccccc3O)nc3c(-c4cc(-c5cc(C(C)(C)C)ccn5)cc(C(C)(C)C)c4)cccc32)c(C)c1. The van der Waals surface area contributed by atoms with Gasteiger partial charge in [-0.2, -0.15) is 0 Å². The lowest BCUT2D eigenvalue weighted by atomic mass is 9.83. The van der Waals surface area contributed by atoms with Crippen molar-refractivity contribution in [3.05, 3.63) is 119 Å². The predicted molar refractivity (Wildman–Crippen MR) is 188 cm³/mol. The van der Waals surface area contributed by atoms with Crippen LogP contribution in [0, 0.1) is 20.8 Å². The maximum Gasteiger partial charge on any atom is 0.149 e. The van der Waals surface area contributed by atoms with Crippen molar-refractivity contribution in [3.8, 4) is 45.2 Å². The number of fused-ring (bicyclic) bond motifs is 1. The number of nitrogens with zero attached hydrogens (tertiary/aromatic N) is 3. The molecule has 6 rings (SSSR count). The number of para-hydroxylation sites is 2. The van der Waals surface area contributed by atoms with Crippen LogP contribution in [0.2, 0.25) is 0 Å². The number of rotatable bonds is 4. The smallest absolute Gasteiger partial charge is 0.149 e. The zero-order chi connectivity index (χ0) is 32.3. The zero-order valence-corrected chi connectivity index (χ0v) is 27.9. The van der Waals surface area contributed by atoms with E-state index in [9.17, 15) is 5.11 Å². The summed E-state index contributed by atoms with van der Waals surface area (Å²) in [5.41, 5.74) is 13.9. The van der Waals surface area contributed by atoms with Gasteiger partial charge in [-0.05, 0) is 102 Å². The van der Waals surface area contributed by atoms with Gasteiger partial charge in [-0.3, -0.25) is 9.55 Å². The fourth-order valence-corrected chi connectivity index (χ4v) is 6.35. The fourth-order valence-electron chi connectivity index (χ4n) is 6.35. The third-order valence-corrected chi connectivity index (χ3v) is 8.72. The number of aromatic nitrogens is 3. The molecule has 45 heavy (non-hydrogen) atoms. The highest BCUT2D eigenvalue weighted by atomic mass is 16.3. The van der Waals surface area contributed by atoms with Crippen molar-refractivity contribution in [3.63, 3.8) is 0 Å². The van der Waals surface area contributed by atoms with E-state index in [1.165, 1.54) is 16.7 Å². The molecule has 0 radical (unpaired) electrons. The summed E-state index contributed by atoms with van der Waals surface area (Å²) in [6, 6.07) is 29.5. The van der Waals surface area contributed by atoms with Gasteiger partial charge in [0.05, 0.1) is 28.0 Å². The molecule has 0 aliphatic heterocycles. The molecule has 4 heteroatoms. The average molecular weight is 594 g/mol. The summed E-state index contributed by atoms with van der Waals surface area (Å²) in [5.74, 6) is 0.928. The highest BCUT2D eigenvalue weighted by Gasteiger charge is 2.24. The van der Waals surface area contributed by atoms with Crippen LogP contribution in [0.25, 0.3) is 50.5 Å². The Morgan fingerprint density at radius 2 is 1.29 bits per heavy atom. The summed E-state index contributed by atoms with van der Waals surface area (Å²) in [6.07, 6.45) is 1.92. The Balaban J connectivity index is 1.67. The summed E-state index contributed by atoms with van der Waals surface area (Å²) in [6.45, 7) is 19.9. The highest BCUT2D eigenvalue weighted by Crippen LogP contribution is 2.41. The highest BCUT2D eigenvalue weighted by molar-refractivity contribution is 5.97. The van der Waals surface area contributed by atoms with Gasteiger partial charge in [0.2, 0.25) is 0 Å². The molecule has 0 aliphatic carbocycles. The molecule has 0 bridgehead atoms. The number of benzene rings is 4. The molecule has 2 heterocycles. The molecule has 1 N–H and O–H groups in total. The lowest BCUT2D eigenvalue weighted by molar-refractivity contribution is 0.477. The molecule has 0 fully saturated rings. The van der Waals surface area contributed by atoms with Crippen LogP contribution in [0.1, 0.15) is 69.4 Å². The quantitative estimate of drug-likeness (QED) is 0.221. The lowest BCUT2D eigenvalue weighted by Crippen LogP contribution is -2.12. The van der Waals surface area contributed by atoms with Gasteiger partial charge < -0.3 is 5.11 Å². The Morgan fingerprint density at radius 1 is 0.644 bits per heavy atom. The van der Waals surface area contributed by atoms with Crippen LogP contribution in [0.4, 0.5) is 0 Å². The summed E-state index contributed by atoms with van der Waals surface area (Å²) in [4.78, 5) is 10.2. The molecule has 0 amide bonds. The second-order valence-corrected chi connectivity index (χ2v) is 14.4. The second kappa shape index (κ2) is 11.0. The van der Waals surface area contributed by atoms with Crippen molar-refractivity contribution in [1.29, 1.82) is 0 Å². The predicted octanol–water partition coefficient (Wildman–Crippen LogP) is 10.6. The van der Waals surface area contributed by atoms with E-state index >= 15 is 0 Å². The van der Waals surface area contributed by atoms with E-state index < -0.39 is 0 Å². The van der Waals surface area contributed by atoms with Crippen LogP contribution >= 0.6 is 0 Å². The number of pyridine rings is 1. The lowest BCUT2D eigenvalue weighted by Gasteiger charge is -2.23. The number of hydrogen-bond donors (Lipinski definition) is 1. The van der Waals surface area contributed by atoms with Crippen molar-refractivity contribution in [1.82, 2.24) is 14.5 Å². The summed E-state index contributed by atoms with van der Waals surface area (Å²) in [5, 5.41) is 11.0. The van der Waals surface area contributed by atoms with E-state index in [1.807, 2.05) is 24.4 Å². The summed E-state index contributed by atoms with van der Waals surface area (Å²) in [7, 11) is 0. The molecule has 4 aromatic carbocycles. The largest absolute Gasteiger partial charge is 0.507 e. The molecular weight excluding hydrogens is 550 g/mol. The van der Waals surface area contributed by atoms with Gasteiger partial charge >= 0.3 is 0 Å². The number of aromatic hydroxyl groups is 1. The van der Waals surface area contributed by atoms with Crippen molar-refractivity contribution < 1.29 is 5.11 Å². The summed E-state index contributed by atoms with van der Waals surface area (Å²) < 4.78 is 2.22. The van der Waals surface area contributed by atoms with E-state index in [-0.39, 0.29) is 16.6 Å². The van der Waals surface area contributed by atoms with Gasteiger partial charge in [-0.1, -0.05) is 89.6 Å². The number of aryl methyl sites for hydroxylation is 3. The first-order chi connectivity index (χ1) is 21.2. The van der Waals surface area contributed by atoms with Crippen molar-refractivity contribution >= 4 is 11.0 Å². The van der Waals surface area contributed by atoms with Crippen LogP contribution in [0.3, 0.4) is 0 Å². The van der Waals surface area contributed by atoms with Crippen LogP contribution < -0.4 is 0 Å². The minimum absolute atomic E-state index is 0.0201. The Hall–Kier alpha value is -4.70. The van der Waals surface area contributed by atoms with E-state index in [0.29, 0.717) is 5.56 Å². The molecule has 0 saturated carbocycles. The standard InChI is InChI=1S/C41H43N3O/c1-25-19-26(2)38(27(3)20-25)44-35-15-12-14-32(37(35)43-39(44)33-13-10-11-16-36(33)45)28-21-29(23-31(22-28)41(7,8)9)34-24-30(17-18-42-34)40(4,5)6/h10-24,45H,1-9H3. The molecular formula is C41H43N3O. The topological polar surface area (TPSA) is 50.9 Å². The van der Waals surface area contributed by atoms with Crippen molar-refractivity contribution in [2.45, 2.75) is 73.1 Å². The molecule has 0 unspecified atom stereocenters. The van der Waals surface area contributed by atoms with Crippen LogP contribution in [-0.4, -0.2) is 19.6 Å². The Labute approximate surface area is 267 Å². The molecule has 228 valence electrons. The van der Waals surface area contributed by atoms with Gasteiger partial charge in [-0.25, -0.2) is 4.98 Å². The second-order valence-electron chi connectivity index (χ2n) is 14.4. The molecule has 0 saturated heterocycles. The minimum Gasteiger partial charge on any atom is -0.507 e. The fraction of sp³-hybridized carbons (Fsp3) is 0.268. The first-order valence-electron chi connectivity index (χ1n) is 15.7. The van der Waals surface area contributed by atoms with Gasteiger partial charge in [-0.15, -0.1) is 0 Å². The van der Waals surface area contributed by atoms with E-state index in [0.717, 1.165) is 56.1 Å². The molecule has 0 spiro atoms. The van der Waals surface area contributed by atoms with E-state index in [1.54, 1.807) is 6.07 Å². The van der Waals surface area contributed by atoms with E-state index in [2.05, 4.69) is 128 Å². The monoisotopic (exact) mass is 593 g/mol. The van der Waals surface area contributed by atoms with E-state index in [4.69, 9.17) is 9.97 Å². The third kappa shape index (κ3) is 5.66. The van der Waals surface area contributed by atoms with Gasteiger partial charge in [0, 0.05) is 17.3 Å². The number of phenolic OH excluding ortho intramolecular Hbond substituents is 1. The van der Waals surface area contributed by atoms with Gasteiger partial charge in [0.1, 0.15) is 11.6 Å². The molecule has 0 atom stereocenters. The van der Waals surface area contributed by atoms with Gasteiger partial charge in [0.25, 0.3) is 0 Å². The Bertz CT molecular complexity index is 2050. The normalized spacial score (nSPS) is 12.2. The Morgan fingerprint density at radius 3 is 1.96 bits per heavy atom. The molecule has 2 aromatic heterocycles. The maximum atomic E-state index is 11.0. The maximum absolute atomic E-state index is 11.0. The molecule has 4 nitrogen and oxygen atoms in total. The van der Waals surface area contributed by atoms with Gasteiger partial charge in [0.15, 0.2) is 0 Å². The van der Waals surface area contributed by atoms with Crippen molar-refractivity contribution in [2.75, 3.05) is 0 Å². The van der Waals surface area contributed by atoms with Crippen molar-refractivity contribution in [2.24, 2.45) is 0 Å². The first-order valence-corrected chi connectivity index (χ1v) is 15.7. The van der Waals surface area contributed by atoms with Crippen LogP contribution in [0.15, 0.2) is 91.1 Å². The third-order valence-electron chi connectivity index (χ3n) is 8.72.